The van der Waals surface area contributed by atoms with Gasteiger partial charge in [-0.1, -0.05) is 27.5 Å². The minimum absolute atomic E-state index is 0.0806. The highest BCUT2D eigenvalue weighted by Gasteiger charge is 2.16. The number of phenolic OH excluding ortho intramolecular Hbond substituents is 1. The highest BCUT2D eigenvalue weighted by atomic mass is 79.9. The van der Waals surface area contributed by atoms with Gasteiger partial charge in [0.2, 0.25) is 0 Å². The predicted octanol–water partition coefficient (Wildman–Crippen LogP) is 3.97. The average Bonchev–Trinajstić information content (AvgIpc) is 2.41. The zero-order chi connectivity index (χ0) is 15.6. The number of nitro groups is 1. The van der Waals surface area contributed by atoms with Crippen molar-refractivity contribution >= 4 is 44.8 Å². The van der Waals surface area contributed by atoms with Crippen molar-refractivity contribution in [3.63, 3.8) is 0 Å². The smallest absolute Gasteiger partial charge is 0.310 e. The first-order chi connectivity index (χ1) is 9.88. The molecule has 2 rings (SSSR count). The molecule has 108 valence electrons. The molecule has 0 spiro atoms. The zero-order valence-corrected chi connectivity index (χ0v) is 12.7. The SMILES string of the molecule is O=C(Nc1ccc(Br)cc1Cl)c1ccc([N+](=O)[O-])c(O)c1. The van der Waals surface area contributed by atoms with E-state index in [-0.39, 0.29) is 5.56 Å². The minimum atomic E-state index is -0.734. The quantitative estimate of drug-likeness (QED) is 0.631. The van der Waals surface area contributed by atoms with Crippen LogP contribution in [0, 0.1) is 10.1 Å². The maximum absolute atomic E-state index is 12.0. The van der Waals surface area contributed by atoms with E-state index in [4.69, 9.17) is 11.6 Å². The molecule has 0 aliphatic rings. The number of halogens is 2. The summed E-state index contributed by atoms with van der Waals surface area (Å²) in [6.07, 6.45) is 0. The Morgan fingerprint density at radius 3 is 2.57 bits per heavy atom. The first-order valence-electron chi connectivity index (χ1n) is 5.62. The maximum Gasteiger partial charge on any atom is 0.310 e. The van der Waals surface area contributed by atoms with Gasteiger partial charge in [0.25, 0.3) is 5.91 Å². The van der Waals surface area contributed by atoms with Crippen molar-refractivity contribution in [3.05, 3.63) is 61.6 Å². The van der Waals surface area contributed by atoms with Gasteiger partial charge in [-0.25, -0.2) is 0 Å². The number of nitrogens with one attached hydrogen (secondary N) is 1. The third kappa shape index (κ3) is 3.50. The third-order valence-electron chi connectivity index (χ3n) is 2.61. The summed E-state index contributed by atoms with van der Waals surface area (Å²) in [5.74, 6) is -1.11. The van der Waals surface area contributed by atoms with Crippen molar-refractivity contribution in [2.45, 2.75) is 0 Å². The largest absolute Gasteiger partial charge is 0.502 e. The number of anilines is 1. The van der Waals surface area contributed by atoms with Crippen LogP contribution in [0.2, 0.25) is 5.02 Å². The zero-order valence-electron chi connectivity index (χ0n) is 10.3. The van der Waals surface area contributed by atoms with Crippen LogP contribution in [0.4, 0.5) is 11.4 Å². The summed E-state index contributed by atoms with van der Waals surface area (Å²) in [4.78, 5) is 21.9. The van der Waals surface area contributed by atoms with Crippen molar-refractivity contribution in [2.24, 2.45) is 0 Å². The molecule has 0 aliphatic carbocycles. The molecule has 0 fully saturated rings. The van der Waals surface area contributed by atoms with Gasteiger partial charge in [-0.05, 0) is 30.3 Å². The normalized spacial score (nSPS) is 10.2. The number of aromatic hydroxyl groups is 1. The Morgan fingerprint density at radius 2 is 2.00 bits per heavy atom. The molecular formula is C13H8BrClN2O4. The number of rotatable bonds is 3. The molecule has 8 heteroatoms. The number of hydrogen-bond donors (Lipinski definition) is 2. The van der Waals surface area contributed by atoms with E-state index in [0.29, 0.717) is 10.7 Å². The Morgan fingerprint density at radius 1 is 1.29 bits per heavy atom. The van der Waals surface area contributed by atoms with Crippen LogP contribution >= 0.6 is 27.5 Å². The van der Waals surface area contributed by atoms with Gasteiger partial charge in [0.1, 0.15) is 0 Å². The molecule has 0 heterocycles. The molecule has 21 heavy (non-hydrogen) atoms. The van der Waals surface area contributed by atoms with Crippen LogP contribution < -0.4 is 5.32 Å². The Hall–Kier alpha value is -2.12. The molecule has 0 atom stereocenters. The van der Waals surface area contributed by atoms with Crippen LogP contribution in [0.15, 0.2) is 40.9 Å². The van der Waals surface area contributed by atoms with Gasteiger partial charge in [0.15, 0.2) is 5.75 Å². The molecule has 2 aromatic carbocycles. The van der Waals surface area contributed by atoms with E-state index in [9.17, 15) is 20.0 Å². The second-order valence-corrected chi connectivity index (χ2v) is 5.36. The number of carbonyl (C=O) groups excluding carboxylic acids is 1. The molecule has 0 aromatic heterocycles. The Kier molecular flexibility index (Phi) is 4.44. The highest BCUT2D eigenvalue weighted by molar-refractivity contribution is 9.10. The first kappa shape index (κ1) is 15.3. The van der Waals surface area contributed by atoms with Crippen LogP contribution in [0.25, 0.3) is 0 Å². The van der Waals surface area contributed by atoms with Crippen molar-refractivity contribution in [3.8, 4) is 5.75 Å². The van der Waals surface area contributed by atoms with E-state index in [1.165, 1.54) is 6.07 Å². The average molecular weight is 372 g/mol. The van der Waals surface area contributed by atoms with E-state index in [1.807, 2.05) is 0 Å². The minimum Gasteiger partial charge on any atom is -0.502 e. The molecule has 0 bridgehead atoms. The van der Waals surface area contributed by atoms with Crippen LogP contribution in [-0.2, 0) is 0 Å². The Labute approximate surface area is 132 Å². The van der Waals surface area contributed by atoms with Crippen LogP contribution in [-0.4, -0.2) is 15.9 Å². The number of hydrogen-bond acceptors (Lipinski definition) is 4. The molecule has 0 saturated carbocycles. The fraction of sp³-hybridized carbons (Fsp3) is 0. The lowest BCUT2D eigenvalue weighted by Gasteiger charge is -2.08. The summed E-state index contributed by atoms with van der Waals surface area (Å²) in [7, 11) is 0. The van der Waals surface area contributed by atoms with Gasteiger partial charge in [-0.2, -0.15) is 0 Å². The Bertz CT molecular complexity index is 736. The standard InChI is InChI=1S/C13H8BrClN2O4/c14-8-2-3-10(9(15)6-8)16-13(19)7-1-4-11(17(20)21)12(18)5-7/h1-6,18H,(H,16,19). The monoisotopic (exact) mass is 370 g/mol. The number of phenols is 1. The molecule has 0 saturated heterocycles. The van der Waals surface area contributed by atoms with Gasteiger partial charge >= 0.3 is 5.69 Å². The summed E-state index contributed by atoms with van der Waals surface area (Å²) in [6, 6.07) is 8.27. The maximum atomic E-state index is 12.0. The lowest BCUT2D eigenvalue weighted by atomic mass is 10.1. The molecule has 0 unspecified atom stereocenters. The summed E-state index contributed by atoms with van der Waals surface area (Å²) in [5.41, 5.74) is 0.00742. The van der Waals surface area contributed by atoms with Gasteiger partial charge in [0, 0.05) is 16.1 Å². The molecule has 1 amide bonds. The third-order valence-corrected chi connectivity index (χ3v) is 3.42. The van der Waals surface area contributed by atoms with Crippen molar-refractivity contribution in [1.82, 2.24) is 0 Å². The summed E-state index contributed by atoms with van der Waals surface area (Å²) in [5, 5.41) is 23.0. The second kappa shape index (κ2) is 6.11. The summed E-state index contributed by atoms with van der Waals surface area (Å²) in [6.45, 7) is 0. The van der Waals surface area contributed by atoms with Gasteiger partial charge in [-0.15, -0.1) is 0 Å². The summed E-state index contributed by atoms with van der Waals surface area (Å²) < 4.78 is 0.762. The van der Waals surface area contributed by atoms with Gasteiger partial charge in [-0.3, -0.25) is 14.9 Å². The molecule has 2 N–H and O–H groups in total. The van der Waals surface area contributed by atoms with E-state index in [1.54, 1.807) is 18.2 Å². The molecule has 0 aliphatic heterocycles. The lowest BCUT2D eigenvalue weighted by molar-refractivity contribution is -0.385. The fourth-order valence-corrected chi connectivity index (χ4v) is 2.33. The number of nitro benzene ring substituents is 1. The van der Waals surface area contributed by atoms with Gasteiger partial charge in [0.05, 0.1) is 15.6 Å². The number of nitrogens with zero attached hydrogens (tertiary/aromatic N) is 1. The van der Waals surface area contributed by atoms with Crippen molar-refractivity contribution in [2.75, 3.05) is 5.32 Å². The molecular weight excluding hydrogens is 364 g/mol. The van der Waals surface area contributed by atoms with Crippen molar-refractivity contribution in [1.29, 1.82) is 0 Å². The van der Waals surface area contributed by atoms with Crippen LogP contribution in [0.3, 0.4) is 0 Å². The molecule has 6 nitrogen and oxygen atoms in total. The predicted molar refractivity (Wildman–Crippen MR) is 81.9 cm³/mol. The molecule has 2 aromatic rings. The van der Waals surface area contributed by atoms with Crippen LogP contribution in [0.1, 0.15) is 10.4 Å². The second-order valence-electron chi connectivity index (χ2n) is 4.04. The lowest BCUT2D eigenvalue weighted by Crippen LogP contribution is -2.12. The number of carbonyl (C=O) groups is 1. The van der Waals surface area contributed by atoms with E-state index < -0.39 is 22.3 Å². The van der Waals surface area contributed by atoms with E-state index >= 15 is 0 Å². The van der Waals surface area contributed by atoms with Crippen molar-refractivity contribution < 1.29 is 14.8 Å². The van der Waals surface area contributed by atoms with E-state index in [2.05, 4.69) is 21.2 Å². The topological polar surface area (TPSA) is 92.5 Å². The fourth-order valence-electron chi connectivity index (χ4n) is 1.60. The highest BCUT2D eigenvalue weighted by Crippen LogP contribution is 2.28. The Balaban J connectivity index is 2.24. The van der Waals surface area contributed by atoms with Crippen LogP contribution in [0.5, 0.6) is 5.75 Å². The molecule has 0 radical (unpaired) electrons. The summed E-state index contributed by atoms with van der Waals surface area (Å²) >= 11 is 9.22. The number of benzene rings is 2. The van der Waals surface area contributed by atoms with E-state index in [0.717, 1.165) is 16.6 Å². The first-order valence-corrected chi connectivity index (χ1v) is 6.79. The number of amides is 1. The van der Waals surface area contributed by atoms with Gasteiger partial charge < -0.3 is 10.4 Å².